The van der Waals surface area contributed by atoms with Crippen LogP contribution in [0, 0.1) is 0 Å². The number of hydrogen-bond donors (Lipinski definition) is 1. The van der Waals surface area contributed by atoms with Crippen molar-refractivity contribution in [1.29, 1.82) is 0 Å². The van der Waals surface area contributed by atoms with Crippen LogP contribution in [-0.2, 0) is 12.8 Å². The van der Waals surface area contributed by atoms with E-state index in [0.717, 1.165) is 12.1 Å². The molecule has 6 heteroatoms. The van der Waals surface area contributed by atoms with E-state index in [1.807, 2.05) is 0 Å². The van der Waals surface area contributed by atoms with Gasteiger partial charge in [0.25, 0.3) is 0 Å². The van der Waals surface area contributed by atoms with Crippen molar-refractivity contribution in [3.8, 4) is 11.5 Å². The Morgan fingerprint density at radius 1 is 1.05 bits per heavy atom. The van der Waals surface area contributed by atoms with Crippen LogP contribution in [-0.4, -0.2) is 5.11 Å². The van der Waals surface area contributed by atoms with Crippen LogP contribution in [0.25, 0.3) is 0 Å². The lowest BCUT2D eigenvalue weighted by Crippen LogP contribution is -2.08. The molecule has 0 atom stereocenters. The summed E-state index contributed by atoms with van der Waals surface area (Å²) in [7, 11) is 0. The van der Waals surface area contributed by atoms with E-state index in [9.17, 15) is 13.2 Å². The number of rotatable bonds is 3. The Bertz CT molecular complexity index is 612. The molecule has 0 bridgehead atoms. The lowest BCUT2D eigenvalue weighted by molar-refractivity contribution is -0.138. The number of aliphatic hydroxyl groups excluding tert-OH is 1. The maximum atomic E-state index is 13.0. The van der Waals surface area contributed by atoms with Gasteiger partial charge in [0.2, 0.25) is 0 Å². The normalized spacial score (nSPS) is 11.4. The van der Waals surface area contributed by atoms with E-state index in [0.29, 0.717) is 0 Å². The van der Waals surface area contributed by atoms with E-state index in [2.05, 4.69) is 0 Å². The minimum absolute atomic E-state index is 0.136. The van der Waals surface area contributed by atoms with Gasteiger partial charge >= 0.3 is 6.18 Å². The molecule has 2 rings (SSSR count). The van der Waals surface area contributed by atoms with Gasteiger partial charge in [-0.3, -0.25) is 0 Å². The summed E-state index contributed by atoms with van der Waals surface area (Å²) in [4.78, 5) is 0. The molecule has 0 amide bonds. The van der Waals surface area contributed by atoms with Crippen LogP contribution in [0.4, 0.5) is 13.2 Å². The predicted octanol–water partition coefficient (Wildman–Crippen LogP) is 4.64. The Labute approximate surface area is 118 Å². The van der Waals surface area contributed by atoms with Gasteiger partial charge in [-0.15, -0.1) is 0 Å². The van der Waals surface area contributed by atoms with Gasteiger partial charge in [0, 0.05) is 0 Å². The molecule has 0 saturated carbocycles. The topological polar surface area (TPSA) is 29.5 Å². The third-order valence-electron chi connectivity index (χ3n) is 2.59. The quantitative estimate of drug-likeness (QED) is 0.894. The summed E-state index contributed by atoms with van der Waals surface area (Å²) in [6, 6.07) is 9.63. The highest BCUT2D eigenvalue weighted by Gasteiger charge is 2.35. The maximum absolute atomic E-state index is 13.0. The van der Waals surface area contributed by atoms with E-state index in [-0.39, 0.29) is 22.1 Å². The summed E-state index contributed by atoms with van der Waals surface area (Å²) in [5.41, 5.74) is -0.798. The first-order chi connectivity index (χ1) is 9.41. The zero-order chi connectivity index (χ0) is 14.8. The van der Waals surface area contributed by atoms with E-state index in [4.69, 9.17) is 21.4 Å². The molecule has 2 aromatic rings. The van der Waals surface area contributed by atoms with Crippen LogP contribution in [0.3, 0.4) is 0 Å². The van der Waals surface area contributed by atoms with Gasteiger partial charge < -0.3 is 9.84 Å². The van der Waals surface area contributed by atoms with Gasteiger partial charge in [0.15, 0.2) is 0 Å². The summed E-state index contributed by atoms with van der Waals surface area (Å²) < 4.78 is 44.2. The summed E-state index contributed by atoms with van der Waals surface area (Å²) in [6.07, 6.45) is -4.58. The number of aliphatic hydroxyl groups is 1. The molecule has 106 valence electrons. The van der Waals surface area contributed by atoms with E-state index < -0.39 is 18.3 Å². The van der Waals surface area contributed by atoms with Crippen LogP contribution < -0.4 is 4.74 Å². The summed E-state index contributed by atoms with van der Waals surface area (Å²) in [6.45, 7) is -0.477. The molecule has 2 aromatic carbocycles. The minimum atomic E-state index is -4.58. The van der Waals surface area contributed by atoms with Gasteiger partial charge in [-0.1, -0.05) is 29.8 Å². The van der Waals surface area contributed by atoms with Crippen LogP contribution >= 0.6 is 11.6 Å². The Balaban J connectivity index is 2.44. The fourth-order valence-corrected chi connectivity index (χ4v) is 1.81. The fourth-order valence-electron chi connectivity index (χ4n) is 1.63. The third-order valence-corrected chi connectivity index (χ3v) is 2.90. The second-order valence-electron chi connectivity index (χ2n) is 4.02. The van der Waals surface area contributed by atoms with Crippen molar-refractivity contribution in [2.24, 2.45) is 0 Å². The van der Waals surface area contributed by atoms with Crippen molar-refractivity contribution in [3.05, 3.63) is 58.6 Å². The highest BCUT2D eigenvalue weighted by Crippen LogP contribution is 2.40. The molecular weight excluding hydrogens is 293 g/mol. The molecule has 0 aliphatic heterocycles. The van der Waals surface area contributed by atoms with Crippen molar-refractivity contribution in [2.45, 2.75) is 12.8 Å². The first-order valence-corrected chi connectivity index (χ1v) is 6.03. The Kier molecular flexibility index (Phi) is 4.20. The smallest absolute Gasteiger partial charge is 0.419 e. The highest BCUT2D eigenvalue weighted by atomic mass is 35.5. The van der Waals surface area contributed by atoms with Gasteiger partial charge in [0.05, 0.1) is 17.2 Å². The Morgan fingerprint density at radius 3 is 2.35 bits per heavy atom. The Hall–Kier alpha value is -1.72. The maximum Gasteiger partial charge on any atom is 0.419 e. The van der Waals surface area contributed by atoms with E-state index >= 15 is 0 Å². The zero-order valence-electron chi connectivity index (χ0n) is 10.1. The van der Waals surface area contributed by atoms with Crippen molar-refractivity contribution in [3.63, 3.8) is 0 Å². The molecule has 0 heterocycles. The van der Waals surface area contributed by atoms with Crippen molar-refractivity contribution < 1.29 is 23.0 Å². The van der Waals surface area contributed by atoms with Crippen molar-refractivity contribution in [1.82, 2.24) is 0 Å². The summed E-state index contributed by atoms with van der Waals surface area (Å²) >= 11 is 5.85. The van der Waals surface area contributed by atoms with Crippen LogP contribution in [0.15, 0.2) is 42.5 Å². The molecule has 0 saturated heterocycles. The van der Waals surface area contributed by atoms with Gasteiger partial charge in [-0.05, 0) is 29.8 Å². The summed E-state index contributed by atoms with van der Waals surface area (Å²) in [5.74, 6) is -0.223. The molecule has 0 radical (unpaired) electrons. The highest BCUT2D eigenvalue weighted by molar-refractivity contribution is 6.32. The molecule has 0 fully saturated rings. The molecule has 0 spiro atoms. The van der Waals surface area contributed by atoms with Crippen LogP contribution in [0.5, 0.6) is 11.5 Å². The number of halogens is 4. The number of alkyl halides is 3. The average Bonchev–Trinajstić information content (AvgIpc) is 2.40. The lowest BCUT2D eigenvalue weighted by atomic mass is 10.1. The number of benzene rings is 2. The standard InChI is InChI=1S/C14H10ClF3O2/c15-11-3-1-2-4-13(11)20-12-6-5-9(8-19)7-10(12)14(16,17)18/h1-7,19H,8H2. The van der Waals surface area contributed by atoms with Crippen molar-refractivity contribution in [2.75, 3.05) is 0 Å². The Morgan fingerprint density at radius 2 is 1.75 bits per heavy atom. The molecular formula is C14H10ClF3O2. The second kappa shape index (κ2) is 5.73. The monoisotopic (exact) mass is 302 g/mol. The molecule has 0 aromatic heterocycles. The van der Waals surface area contributed by atoms with E-state index in [1.165, 1.54) is 18.2 Å². The molecule has 20 heavy (non-hydrogen) atoms. The van der Waals surface area contributed by atoms with Crippen LogP contribution in [0.2, 0.25) is 5.02 Å². The first-order valence-electron chi connectivity index (χ1n) is 5.65. The second-order valence-corrected chi connectivity index (χ2v) is 4.43. The minimum Gasteiger partial charge on any atom is -0.455 e. The molecule has 2 nitrogen and oxygen atoms in total. The van der Waals surface area contributed by atoms with Crippen LogP contribution in [0.1, 0.15) is 11.1 Å². The first kappa shape index (κ1) is 14.7. The number of ether oxygens (including phenoxy) is 1. The number of para-hydroxylation sites is 1. The molecule has 1 N–H and O–H groups in total. The lowest BCUT2D eigenvalue weighted by Gasteiger charge is -2.15. The molecule has 0 aliphatic carbocycles. The average molecular weight is 303 g/mol. The van der Waals surface area contributed by atoms with Gasteiger partial charge in [-0.2, -0.15) is 13.2 Å². The molecule has 0 unspecified atom stereocenters. The van der Waals surface area contributed by atoms with Gasteiger partial charge in [0.1, 0.15) is 11.5 Å². The summed E-state index contributed by atoms with van der Waals surface area (Å²) in [5, 5.41) is 9.14. The number of hydrogen-bond acceptors (Lipinski definition) is 2. The predicted molar refractivity (Wildman–Crippen MR) is 68.9 cm³/mol. The largest absolute Gasteiger partial charge is 0.455 e. The third kappa shape index (κ3) is 3.23. The molecule has 0 aliphatic rings. The fraction of sp³-hybridized carbons (Fsp3) is 0.143. The zero-order valence-corrected chi connectivity index (χ0v) is 10.9. The van der Waals surface area contributed by atoms with Crippen molar-refractivity contribution >= 4 is 11.6 Å². The van der Waals surface area contributed by atoms with E-state index in [1.54, 1.807) is 12.1 Å². The SMILES string of the molecule is OCc1ccc(Oc2ccccc2Cl)c(C(F)(F)F)c1. The van der Waals surface area contributed by atoms with Gasteiger partial charge in [-0.25, -0.2) is 0 Å².